The lowest BCUT2D eigenvalue weighted by molar-refractivity contribution is -0.228. The number of hydrogen-bond donors (Lipinski definition) is 1. The molecule has 1 aliphatic rings. The summed E-state index contributed by atoms with van der Waals surface area (Å²) in [4.78, 5) is 10.7. The first kappa shape index (κ1) is 17.9. The maximum Gasteiger partial charge on any atom is 0.414 e. The highest BCUT2D eigenvalue weighted by molar-refractivity contribution is 5.49. The Kier molecular flexibility index (Phi) is 6.59. The van der Waals surface area contributed by atoms with Gasteiger partial charge in [0.1, 0.15) is 6.29 Å². The van der Waals surface area contributed by atoms with E-state index in [1.54, 1.807) is 30.3 Å². The van der Waals surface area contributed by atoms with Crippen LogP contribution in [-0.2, 0) is 16.1 Å². The quantitative estimate of drug-likeness (QED) is 0.668. The van der Waals surface area contributed by atoms with Gasteiger partial charge in [0.25, 0.3) is 0 Å². The molecule has 0 aliphatic heterocycles. The van der Waals surface area contributed by atoms with E-state index in [1.807, 2.05) is 0 Å². The lowest BCUT2D eigenvalue weighted by Gasteiger charge is -2.25. The number of carbonyl (C=O) groups excluding carboxylic acids is 1. The number of benzene rings is 1. The number of rotatable bonds is 10. The van der Waals surface area contributed by atoms with E-state index in [2.05, 4.69) is 5.32 Å². The van der Waals surface area contributed by atoms with E-state index in [1.165, 1.54) is 0 Å². The number of hydrogen-bond acceptors (Lipinski definition) is 3. The summed E-state index contributed by atoms with van der Waals surface area (Å²) in [6.07, 6.45) is -3.58. The zero-order chi connectivity index (χ0) is 16.7. The average Bonchev–Trinajstić information content (AvgIpc) is 3.33. The highest BCUT2D eigenvalue weighted by atomic mass is 19.4. The minimum Gasteiger partial charge on any atom is -0.364 e. The average molecular weight is 329 g/mol. The van der Waals surface area contributed by atoms with Crippen LogP contribution in [0.1, 0.15) is 31.2 Å². The Bertz CT molecular complexity index is 474. The normalized spacial score (nSPS) is 17.7. The first-order chi connectivity index (χ1) is 11.0. The molecule has 1 N–H and O–H groups in total. The van der Waals surface area contributed by atoms with Crippen molar-refractivity contribution in [2.45, 2.75) is 50.6 Å². The molecule has 128 valence electrons. The highest BCUT2D eigenvalue weighted by Gasteiger charge is 2.42. The second-order valence-corrected chi connectivity index (χ2v) is 6.01. The number of aldehydes is 1. The van der Waals surface area contributed by atoms with Crippen LogP contribution in [-0.4, -0.2) is 31.2 Å². The van der Waals surface area contributed by atoms with Crippen molar-refractivity contribution >= 4 is 6.29 Å². The van der Waals surface area contributed by atoms with Gasteiger partial charge in [-0.3, -0.25) is 0 Å². The van der Waals surface area contributed by atoms with Crippen LogP contribution in [0.25, 0.3) is 0 Å². The Morgan fingerprint density at radius 1 is 1.26 bits per heavy atom. The number of alkyl halides is 3. The fraction of sp³-hybridized carbons (Fsp3) is 0.588. The van der Waals surface area contributed by atoms with E-state index < -0.39 is 12.3 Å². The summed E-state index contributed by atoms with van der Waals surface area (Å²) in [7, 11) is 0. The van der Waals surface area contributed by atoms with Crippen LogP contribution in [0.15, 0.2) is 30.3 Å². The first-order valence-corrected chi connectivity index (χ1v) is 7.88. The van der Waals surface area contributed by atoms with Crippen molar-refractivity contribution in [3.05, 3.63) is 35.9 Å². The zero-order valence-corrected chi connectivity index (χ0v) is 12.9. The molecule has 0 radical (unpaired) electrons. The summed E-state index contributed by atoms with van der Waals surface area (Å²) in [6, 6.07) is 9.18. The lowest BCUT2D eigenvalue weighted by Crippen LogP contribution is -2.36. The fourth-order valence-corrected chi connectivity index (χ4v) is 2.39. The minimum absolute atomic E-state index is 0.0884. The molecule has 1 aliphatic carbocycles. The second-order valence-electron chi connectivity index (χ2n) is 6.01. The molecule has 0 bridgehead atoms. The molecule has 0 heterocycles. The van der Waals surface area contributed by atoms with Crippen molar-refractivity contribution in [1.29, 1.82) is 0 Å². The van der Waals surface area contributed by atoms with Crippen LogP contribution in [0, 0.1) is 5.92 Å². The van der Waals surface area contributed by atoms with Gasteiger partial charge < -0.3 is 14.8 Å². The Hall–Kier alpha value is -1.40. The van der Waals surface area contributed by atoms with Crippen molar-refractivity contribution in [2.24, 2.45) is 5.92 Å². The molecule has 1 fully saturated rings. The molecule has 0 aromatic heterocycles. The number of carbonyl (C=O) groups is 1. The predicted molar refractivity (Wildman–Crippen MR) is 80.9 cm³/mol. The monoisotopic (exact) mass is 329 g/mol. The Balaban J connectivity index is 1.90. The molecular formula is C17H22F3NO2. The van der Waals surface area contributed by atoms with Crippen LogP contribution in [0.2, 0.25) is 0 Å². The summed E-state index contributed by atoms with van der Waals surface area (Å²) in [5, 5.41) is 3.19. The molecule has 2 atom stereocenters. The van der Waals surface area contributed by atoms with Gasteiger partial charge in [-0.25, -0.2) is 0 Å². The van der Waals surface area contributed by atoms with Crippen LogP contribution < -0.4 is 5.32 Å². The third-order valence-electron chi connectivity index (χ3n) is 3.91. The predicted octanol–water partition coefficient (Wildman–Crippen LogP) is 3.48. The second kappa shape index (κ2) is 8.45. The smallest absolute Gasteiger partial charge is 0.364 e. The van der Waals surface area contributed by atoms with Gasteiger partial charge in [0.05, 0.1) is 6.61 Å². The van der Waals surface area contributed by atoms with Crippen LogP contribution in [0.3, 0.4) is 0 Å². The van der Waals surface area contributed by atoms with Gasteiger partial charge >= 0.3 is 6.18 Å². The molecule has 3 nitrogen and oxygen atoms in total. The molecule has 0 amide bonds. The summed E-state index contributed by atoms with van der Waals surface area (Å²) >= 11 is 0. The van der Waals surface area contributed by atoms with E-state index in [0.29, 0.717) is 24.4 Å². The van der Waals surface area contributed by atoms with Gasteiger partial charge in [0.2, 0.25) is 0 Å². The van der Waals surface area contributed by atoms with Crippen LogP contribution in [0.5, 0.6) is 0 Å². The number of halogens is 3. The minimum atomic E-state index is -4.44. The molecule has 2 rings (SSSR count). The molecule has 1 saturated carbocycles. The maximum atomic E-state index is 13.2. The fourth-order valence-electron chi connectivity index (χ4n) is 2.39. The number of nitrogens with one attached hydrogen (secondary N) is 1. The van der Waals surface area contributed by atoms with E-state index in [0.717, 1.165) is 12.8 Å². The Morgan fingerprint density at radius 2 is 1.96 bits per heavy atom. The van der Waals surface area contributed by atoms with Crippen molar-refractivity contribution in [3.63, 3.8) is 0 Å². The molecular weight excluding hydrogens is 307 g/mol. The van der Waals surface area contributed by atoms with Gasteiger partial charge in [-0.15, -0.1) is 0 Å². The molecule has 1 aromatic rings. The van der Waals surface area contributed by atoms with Crippen molar-refractivity contribution < 1.29 is 22.7 Å². The first-order valence-electron chi connectivity index (χ1n) is 7.88. The van der Waals surface area contributed by atoms with Crippen LogP contribution in [0.4, 0.5) is 13.2 Å². The van der Waals surface area contributed by atoms with E-state index in [-0.39, 0.29) is 25.4 Å². The van der Waals surface area contributed by atoms with E-state index in [4.69, 9.17) is 4.74 Å². The third-order valence-corrected chi connectivity index (χ3v) is 3.91. The Labute approximate surface area is 134 Å². The van der Waals surface area contributed by atoms with E-state index in [9.17, 15) is 18.0 Å². The standard InChI is InChI=1S/C17H22F3NO2/c18-17(19,20)16(23-12-13-4-2-1-3-5-13)10-14(8-9-22)11-21-15-6-7-15/h1-5,9,14-16,21H,6-8,10-12H2/t14-,16?/m1/s1. The largest absolute Gasteiger partial charge is 0.414 e. The summed E-state index contributed by atoms with van der Waals surface area (Å²) in [6.45, 7) is 0.333. The molecule has 23 heavy (non-hydrogen) atoms. The van der Waals surface area contributed by atoms with Gasteiger partial charge in [-0.05, 0) is 37.3 Å². The van der Waals surface area contributed by atoms with Gasteiger partial charge in [0, 0.05) is 12.5 Å². The lowest BCUT2D eigenvalue weighted by atomic mass is 9.97. The SMILES string of the molecule is O=CC[C@@H](CNC1CC1)CC(OCc1ccccc1)C(F)(F)F. The zero-order valence-electron chi connectivity index (χ0n) is 12.9. The summed E-state index contributed by atoms with van der Waals surface area (Å²) in [5.41, 5.74) is 0.699. The molecule has 0 spiro atoms. The van der Waals surface area contributed by atoms with Gasteiger partial charge in [-0.2, -0.15) is 13.2 Å². The molecule has 0 saturated heterocycles. The van der Waals surface area contributed by atoms with Crippen molar-refractivity contribution in [3.8, 4) is 0 Å². The third kappa shape index (κ3) is 6.71. The van der Waals surface area contributed by atoms with Crippen LogP contribution >= 0.6 is 0 Å². The molecule has 1 aromatic carbocycles. The van der Waals surface area contributed by atoms with Crippen molar-refractivity contribution in [1.82, 2.24) is 5.32 Å². The highest BCUT2D eigenvalue weighted by Crippen LogP contribution is 2.30. The topological polar surface area (TPSA) is 38.3 Å². The van der Waals surface area contributed by atoms with Gasteiger partial charge in [-0.1, -0.05) is 30.3 Å². The molecule has 6 heteroatoms. The van der Waals surface area contributed by atoms with Gasteiger partial charge in [0.15, 0.2) is 6.10 Å². The van der Waals surface area contributed by atoms with E-state index >= 15 is 0 Å². The van der Waals surface area contributed by atoms with Crippen molar-refractivity contribution in [2.75, 3.05) is 6.54 Å². The maximum absolute atomic E-state index is 13.2. The summed E-state index contributed by atoms with van der Waals surface area (Å²) < 4.78 is 44.7. The molecule has 1 unspecified atom stereocenters. The number of ether oxygens (including phenoxy) is 1. The Morgan fingerprint density at radius 3 is 2.52 bits per heavy atom. The summed E-state index contributed by atoms with van der Waals surface area (Å²) in [5.74, 6) is -0.365.